The number of hydrogen-bond donors (Lipinski definition) is 2. The van der Waals surface area contributed by atoms with Crippen molar-refractivity contribution in [3.05, 3.63) is 102 Å². The second kappa shape index (κ2) is 20.5. The van der Waals surface area contributed by atoms with Crippen molar-refractivity contribution < 1.29 is 56.3 Å². The van der Waals surface area contributed by atoms with Gasteiger partial charge >= 0.3 is 0 Å². The number of H-pyrrole nitrogens is 2. The highest BCUT2D eigenvalue weighted by atomic mass is 19.1. The van der Waals surface area contributed by atoms with Crippen molar-refractivity contribution in [2.75, 3.05) is 73.5 Å². The van der Waals surface area contributed by atoms with Gasteiger partial charge in [-0.25, -0.2) is 18.7 Å². The molecular weight excluding hydrogens is 969 g/mol. The maximum absolute atomic E-state index is 15.1. The van der Waals surface area contributed by atoms with Gasteiger partial charge in [0.2, 0.25) is 17.7 Å². The molecule has 4 aliphatic heterocycles. The van der Waals surface area contributed by atoms with Crippen LogP contribution >= 0.6 is 0 Å². The molecule has 4 aromatic carbocycles. The zero-order valence-corrected chi connectivity index (χ0v) is 42.2. The largest absolute Gasteiger partial charge is 0.493 e. The molecule has 0 saturated carbocycles. The van der Waals surface area contributed by atoms with E-state index in [9.17, 15) is 9.59 Å². The van der Waals surface area contributed by atoms with Gasteiger partial charge in [-0.05, 0) is 94.1 Å². The van der Waals surface area contributed by atoms with Crippen LogP contribution in [0.5, 0.6) is 46.1 Å². The molecule has 2 spiro atoms. The van der Waals surface area contributed by atoms with Crippen LogP contribution in [0, 0.1) is 30.9 Å². The van der Waals surface area contributed by atoms with Gasteiger partial charge in [-0.1, -0.05) is 0 Å². The maximum atomic E-state index is 15.1. The predicted molar refractivity (Wildman–Crippen MR) is 274 cm³/mol. The summed E-state index contributed by atoms with van der Waals surface area (Å²) in [5.74, 6) is 2.24. The van der Waals surface area contributed by atoms with Crippen LogP contribution in [0.2, 0.25) is 0 Å². The lowest BCUT2D eigenvalue weighted by atomic mass is 9.82. The Balaban J connectivity index is 0.000000161. The second-order valence-corrected chi connectivity index (χ2v) is 19.8. The standard InChI is InChI=1S/C29H30FN3O5.C27H27FN4O5/c1-18-12-20-21(32-18)5-6-24(28(20)30)38-23-7-9-31-22-14-26(25(35-2)13-19(22)23)37-11-3-4-27(34)33-10-8-29(15-33)16-36-17-29;1-16-10-17-19(31-16)5-6-21(25(17)28)37-26-18-11-22(34-2)23(12-20(18)29-15-30-26)36-9-3-4-24(33)32-8-7-27(32)13-35-14-27/h5-7,9,12-14,32H,3-4,8,10-11,15-17H2,1-2H3;5-6,10-12,15,31H,3-4,7-9,13-14H2,1-2H3. The van der Waals surface area contributed by atoms with Crippen LogP contribution in [0.25, 0.3) is 43.6 Å². The first-order valence-electron chi connectivity index (χ1n) is 25.1. The highest BCUT2D eigenvalue weighted by molar-refractivity contribution is 5.90. The van der Waals surface area contributed by atoms with Crippen molar-refractivity contribution in [3.8, 4) is 46.1 Å². The third-order valence-electron chi connectivity index (χ3n) is 14.6. The Bertz CT molecular complexity index is 3460. The lowest BCUT2D eigenvalue weighted by Gasteiger charge is -2.57. The Hall–Kier alpha value is -7.77. The molecule has 2 N–H and O–H groups in total. The van der Waals surface area contributed by atoms with Crippen LogP contribution in [0.1, 0.15) is 49.9 Å². The van der Waals surface area contributed by atoms with Crippen LogP contribution in [-0.4, -0.2) is 126 Å². The number of aromatic nitrogens is 5. The topological polar surface area (TPSA) is 185 Å². The van der Waals surface area contributed by atoms with Gasteiger partial charge in [-0.15, -0.1) is 0 Å². The molecule has 0 aliphatic carbocycles. The van der Waals surface area contributed by atoms with Crippen LogP contribution in [-0.2, 0) is 19.1 Å². The third kappa shape index (κ3) is 9.77. The summed E-state index contributed by atoms with van der Waals surface area (Å²) in [6.45, 7) is 9.68. The van der Waals surface area contributed by atoms with Crippen molar-refractivity contribution >= 4 is 55.4 Å². The van der Waals surface area contributed by atoms with Gasteiger partial charge in [0.05, 0.1) is 75.8 Å². The number of carbonyl (C=O) groups excluding carboxylic acids is 2. The summed E-state index contributed by atoms with van der Waals surface area (Å²) in [5, 5.41) is 2.15. The Morgan fingerprint density at radius 3 is 1.79 bits per heavy atom. The minimum absolute atomic E-state index is 0.0474. The first-order valence-corrected chi connectivity index (χ1v) is 25.1. The molecule has 8 heterocycles. The minimum Gasteiger partial charge on any atom is -0.493 e. The fourth-order valence-electron chi connectivity index (χ4n) is 10.3. The molecule has 390 valence electrons. The highest BCUT2D eigenvalue weighted by Gasteiger charge is 2.52. The van der Waals surface area contributed by atoms with Crippen LogP contribution in [0.3, 0.4) is 0 Å². The maximum Gasteiger partial charge on any atom is 0.230 e. The second-order valence-electron chi connectivity index (χ2n) is 19.8. The average molecular weight is 1030 g/mol. The number of hydrogen-bond acceptors (Lipinski definition) is 13. The molecule has 2 amide bonds. The molecule has 19 heteroatoms. The molecule has 4 aliphatic rings. The van der Waals surface area contributed by atoms with E-state index in [1.807, 2.05) is 23.6 Å². The number of aryl methyl sites for hydroxylation is 2. The SMILES string of the molecule is COc1cc2c(Oc3ccc4[nH]c(C)cc4c3F)ccnc2cc1OCCCC(=O)N1CCC2(COC2)C1.COc1cc2c(Oc3ccc4[nH]c(C)cc4c3F)ncnc2cc1OCCCC(=O)N1CCC12COC2. The Labute approximate surface area is 430 Å². The van der Waals surface area contributed by atoms with Gasteiger partial charge in [0, 0.05) is 94.8 Å². The molecule has 8 aromatic rings. The van der Waals surface area contributed by atoms with E-state index in [4.69, 9.17) is 37.9 Å². The van der Waals surface area contributed by atoms with Gasteiger partial charge in [-0.3, -0.25) is 14.6 Å². The number of methoxy groups -OCH3 is 2. The molecule has 4 aromatic heterocycles. The Morgan fingerprint density at radius 2 is 1.23 bits per heavy atom. The number of ether oxygens (including phenoxy) is 8. The summed E-state index contributed by atoms with van der Waals surface area (Å²) < 4.78 is 75.8. The number of amides is 2. The summed E-state index contributed by atoms with van der Waals surface area (Å²) in [4.78, 5) is 48.3. The summed E-state index contributed by atoms with van der Waals surface area (Å²) in [7, 11) is 3.09. The van der Waals surface area contributed by atoms with Gasteiger partial charge in [0.25, 0.3) is 0 Å². The third-order valence-corrected chi connectivity index (χ3v) is 14.6. The van der Waals surface area contributed by atoms with Crippen LogP contribution < -0.4 is 28.4 Å². The van der Waals surface area contributed by atoms with E-state index in [2.05, 4.69) is 24.9 Å². The number of pyridine rings is 1. The van der Waals surface area contributed by atoms with Crippen molar-refractivity contribution in [2.24, 2.45) is 5.41 Å². The fraction of sp³-hybridized carbons (Fsp3) is 0.375. The molecular formula is C56H57F2N7O10. The Kier molecular flexibility index (Phi) is 13.5. The van der Waals surface area contributed by atoms with Gasteiger partial charge in [0.1, 0.15) is 12.1 Å². The number of nitrogens with one attached hydrogen (secondary N) is 2. The molecule has 4 fully saturated rings. The van der Waals surface area contributed by atoms with Gasteiger partial charge in [0.15, 0.2) is 46.1 Å². The van der Waals surface area contributed by atoms with E-state index in [1.54, 1.807) is 80.0 Å². The van der Waals surface area contributed by atoms with Crippen molar-refractivity contribution in [1.29, 1.82) is 0 Å². The van der Waals surface area contributed by atoms with Crippen molar-refractivity contribution in [2.45, 2.75) is 57.9 Å². The number of aromatic amines is 2. The first-order chi connectivity index (χ1) is 36.4. The summed E-state index contributed by atoms with van der Waals surface area (Å²) in [6, 6.07) is 18.9. The number of benzene rings is 4. The smallest absolute Gasteiger partial charge is 0.230 e. The predicted octanol–water partition coefficient (Wildman–Crippen LogP) is 9.89. The Morgan fingerprint density at radius 1 is 0.627 bits per heavy atom. The molecule has 75 heavy (non-hydrogen) atoms. The zero-order chi connectivity index (χ0) is 51.8. The van der Waals surface area contributed by atoms with E-state index in [-0.39, 0.29) is 40.1 Å². The number of fused-ring (bicyclic) bond motifs is 4. The minimum atomic E-state index is -0.468. The van der Waals surface area contributed by atoms with E-state index in [0.29, 0.717) is 119 Å². The molecule has 0 radical (unpaired) electrons. The molecule has 17 nitrogen and oxygen atoms in total. The lowest BCUT2D eigenvalue weighted by Crippen LogP contribution is -2.72. The molecule has 0 bridgehead atoms. The van der Waals surface area contributed by atoms with Gasteiger partial charge in [-0.2, -0.15) is 0 Å². The fourth-order valence-corrected chi connectivity index (χ4v) is 10.3. The highest BCUT2D eigenvalue weighted by Crippen LogP contribution is 2.42. The molecule has 12 rings (SSSR count). The monoisotopic (exact) mass is 1030 g/mol. The summed E-state index contributed by atoms with van der Waals surface area (Å²) >= 11 is 0. The van der Waals surface area contributed by atoms with E-state index in [1.165, 1.54) is 13.4 Å². The van der Waals surface area contributed by atoms with Crippen molar-refractivity contribution in [3.63, 3.8) is 0 Å². The van der Waals surface area contributed by atoms with Crippen LogP contribution in [0.15, 0.2) is 79.3 Å². The number of halogens is 2. The van der Waals surface area contributed by atoms with E-state index < -0.39 is 11.6 Å². The van der Waals surface area contributed by atoms with Gasteiger partial charge < -0.3 is 57.7 Å². The quantitative estimate of drug-likeness (QED) is 0.0873. The summed E-state index contributed by atoms with van der Waals surface area (Å²) in [5.41, 5.74) is 4.48. The summed E-state index contributed by atoms with van der Waals surface area (Å²) in [6.07, 6.45) is 7.02. The number of nitrogens with zero attached hydrogens (tertiary/aromatic N) is 5. The first kappa shape index (κ1) is 49.4. The molecule has 0 unspecified atom stereocenters. The van der Waals surface area contributed by atoms with E-state index >= 15 is 8.78 Å². The van der Waals surface area contributed by atoms with Crippen molar-refractivity contribution in [1.82, 2.24) is 34.7 Å². The van der Waals surface area contributed by atoms with E-state index in [0.717, 1.165) is 62.6 Å². The lowest BCUT2D eigenvalue weighted by molar-refractivity contribution is -0.199. The molecule has 4 saturated heterocycles. The average Bonchev–Trinajstić information content (AvgIpc) is 4.12. The number of carbonyl (C=O) groups is 2. The van der Waals surface area contributed by atoms with Crippen LogP contribution in [0.4, 0.5) is 8.78 Å². The number of rotatable bonds is 16. The number of likely N-dealkylation sites (tertiary alicyclic amines) is 2. The zero-order valence-electron chi connectivity index (χ0n) is 42.2. The molecule has 0 atom stereocenters. The normalized spacial score (nSPS) is 16.1.